The lowest BCUT2D eigenvalue weighted by molar-refractivity contribution is 0.487. The smallest absolute Gasteiger partial charge is 0.256 e. The third-order valence-electron chi connectivity index (χ3n) is 6.60. The summed E-state index contributed by atoms with van der Waals surface area (Å²) < 4.78 is 6.35. The lowest BCUT2D eigenvalue weighted by Crippen LogP contribution is -2.59. The number of nitrogens with zero attached hydrogens (tertiary/aromatic N) is 4. The van der Waals surface area contributed by atoms with Crippen LogP contribution in [-0.2, 0) is 0 Å². The molecule has 0 unspecified atom stereocenters. The maximum atomic E-state index is 9.79. The van der Waals surface area contributed by atoms with E-state index in [1.54, 1.807) is 6.07 Å². The summed E-state index contributed by atoms with van der Waals surface area (Å²) in [6.45, 7) is 0.0458. The Bertz CT molecular complexity index is 1660. The van der Waals surface area contributed by atoms with Crippen molar-refractivity contribution < 1.29 is 4.74 Å². The molecule has 2 aliphatic heterocycles. The van der Waals surface area contributed by atoms with Crippen LogP contribution in [-0.4, -0.2) is 16.7 Å². The van der Waals surface area contributed by atoms with Gasteiger partial charge in [0.05, 0.1) is 0 Å². The van der Waals surface area contributed by atoms with E-state index in [0.29, 0.717) is 17.3 Å². The molecule has 6 heteroatoms. The summed E-state index contributed by atoms with van der Waals surface area (Å²) in [6, 6.07) is 36.4. The Morgan fingerprint density at radius 2 is 1.43 bits per heavy atom. The van der Waals surface area contributed by atoms with Gasteiger partial charge in [0.2, 0.25) is 0 Å². The Morgan fingerprint density at radius 3 is 2.29 bits per heavy atom. The molecule has 0 radical (unpaired) electrons. The average Bonchev–Trinajstić information content (AvgIpc) is 2.93. The van der Waals surface area contributed by atoms with Crippen molar-refractivity contribution in [3.05, 3.63) is 109 Å². The van der Waals surface area contributed by atoms with Crippen molar-refractivity contribution in [3.8, 4) is 29.0 Å². The van der Waals surface area contributed by atoms with Crippen molar-refractivity contribution in [2.45, 2.75) is 0 Å². The third-order valence-corrected chi connectivity index (χ3v) is 6.60. The van der Waals surface area contributed by atoms with Crippen LogP contribution in [0.4, 0.5) is 17.2 Å². The van der Waals surface area contributed by atoms with Gasteiger partial charge in [-0.3, -0.25) is 4.90 Å². The van der Waals surface area contributed by atoms with E-state index in [4.69, 9.17) is 9.72 Å². The van der Waals surface area contributed by atoms with E-state index in [9.17, 15) is 5.26 Å². The molecule has 5 aromatic rings. The Labute approximate surface area is 203 Å². The number of hydrogen-bond acceptors (Lipinski definition) is 5. The molecule has 3 heterocycles. The van der Waals surface area contributed by atoms with E-state index in [-0.39, 0.29) is 6.71 Å². The van der Waals surface area contributed by atoms with Crippen LogP contribution in [0.15, 0.2) is 103 Å². The second-order valence-corrected chi connectivity index (χ2v) is 8.57. The number of para-hydroxylation sites is 2. The number of fused-ring (bicyclic) bond motifs is 4. The SMILES string of the molecule is N#Cc1cc(N2c3ccccc3B3c4ccccc4Oc4cccc2c43)nc(-c2ccccc2)n1. The molecule has 162 valence electrons. The van der Waals surface area contributed by atoms with Crippen LogP contribution in [0, 0.1) is 11.3 Å². The van der Waals surface area contributed by atoms with Crippen LogP contribution in [0.5, 0.6) is 11.5 Å². The van der Waals surface area contributed by atoms with Gasteiger partial charge in [-0.05, 0) is 40.7 Å². The molecular formula is C29H17BN4O. The predicted octanol–water partition coefficient (Wildman–Crippen LogP) is 4.42. The second kappa shape index (κ2) is 7.58. The van der Waals surface area contributed by atoms with E-state index in [1.807, 2.05) is 60.7 Å². The lowest BCUT2D eigenvalue weighted by Gasteiger charge is -2.39. The first-order valence-electron chi connectivity index (χ1n) is 11.4. The van der Waals surface area contributed by atoms with Gasteiger partial charge in [0, 0.05) is 23.0 Å². The van der Waals surface area contributed by atoms with Crippen LogP contribution < -0.4 is 26.0 Å². The van der Waals surface area contributed by atoms with Crippen LogP contribution >= 0.6 is 0 Å². The maximum Gasteiger partial charge on any atom is 0.256 e. The summed E-state index contributed by atoms with van der Waals surface area (Å²) in [5.74, 6) is 2.88. The van der Waals surface area contributed by atoms with Crippen molar-refractivity contribution in [2.24, 2.45) is 0 Å². The number of rotatable bonds is 2. The zero-order chi connectivity index (χ0) is 23.4. The minimum atomic E-state index is 0.0458. The van der Waals surface area contributed by atoms with Crippen LogP contribution in [0.2, 0.25) is 0 Å². The molecule has 35 heavy (non-hydrogen) atoms. The van der Waals surface area contributed by atoms with Gasteiger partial charge in [0.1, 0.15) is 29.1 Å². The highest BCUT2D eigenvalue weighted by Crippen LogP contribution is 2.40. The molecule has 0 amide bonds. The quantitative estimate of drug-likeness (QED) is 0.367. The molecule has 1 aromatic heterocycles. The largest absolute Gasteiger partial charge is 0.458 e. The first-order chi connectivity index (χ1) is 17.3. The Morgan fingerprint density at radius 1 is 0.714 bits per heavy atom. The van der Waals surface area contributed by atoms with Gasteiger partial charge in [-0.25, -0.2) is 9.97 Å². The van der Waals surface area contributed by atoms with E-state index < -0.39 is 0 Å². The fourth-order valence-electron chi connectivity index (χ4n) is 5.15. The van der Waals surface area contributed by atoms with Crippen molar-refractivity contribution in [3.63, 3.8) is 0 Å². The molecule has 0 N–H and O–H groups in total. The number of hydrogen-bond donors (Lipinski definition) is 0. The molecule has 0 atom stereocenters. The number of benzene rings is 4. The molecule has 0 bridgehead atoms. The molecule has 0 fully saturated rings. The summed E-state index contributed by atoms with van der Waals surface area (Å²) >= 11 is 0. The molecule has 0 saturated heterocycles. The molecular weight excluding hydrogens is 431 g/mol. The first kappa shape index (κ1) is 19.6. The van der Waals surface area contributed by atoms with Crippen molar-refractivity contribution >= 4 is 40.3 Å². The zero-order valence-electron chi connectivity index (χ0n) is 18.6. The molecule has 0 aliphatic carbocycles. The van der Waals surface area contributed by atoms with Gasteiger partial charge in [0.15, 0.2) is 5.82 Å². The van der Waals surface area contributed by atoms with Crippen molar-refractivity contribution in [1.82, 2.24) is 9.97 Å². The minimum absolute atomic E-state index is 0.0458. The van der Waals surface area contributed by atoms with Gasteiger partial charge in [0.25, 0.3) is 6.71 Å². The standard InChI is InChI=1S/C29H17BN4O/c31-18-20-17-27(33-29(32-20)19-9-2-1-3-10-19)34-23-13-6-4-11-21(23)30-22-12-5-7-15-25(22)35-26-16-8-14-24(34)28(26)30/h1-17H. The second-order valence-electron chi connectivity index (χ2n) is 8.57. The average molecular weight is 448 g/mol. The number of aromatic nitrogens is 2. The monoisotopic (exact) mass is 448 g/mol. The highest BCUT2D eigenvalue weighted by molar-refractivity contribution is 6.99. The lowest BCUT2D eigenvalue weighted by atomic mass is 9.34. The van der Waals surface area contributed by atoms with Gasteiger partial charge in [-0.1, -0.05) is 72.8 Å². The number of ether oxygens (including phenoxy) is 1. The highest BCUT2D eigenvalue weighted by Gasteiger charge is 2.41. The van der Waals surface area contributed by atoms with Crippen LogP contribution in [0.25, 0.3) is 11.4 Å². The van der Waals surface area contributed by atoms with Crippen LogP contribution in [0.1, 0.15) is 5.69 Å². The third kappa shape index (κ3) is 2.95. The Balaban J connectivity index is 1.51. The highest BCUT2D eigenvalue weighted by atomic mass is 16.5. The summed E-state index contributed by atoms with van der Waals surface area (Å²) in [4.78, 5) is 11.6. The Kier molecular flexibility index (Phi) is 4.24. The molecule has 0 spiro atoms. The fraction of sp³-hybridized carbons (Fsp3) is 0. The first-order valence-corrected chi connectivity index (χ1v) is 11.4. The van der Waals surface area contributed by atoms with Crippen molar-refractivity contribution in [2.75, 3.05) is 4.90 Å². The molecule has 5 nitrogen and oxygen atoms in total. The van der Waals surface area contributed by atoms with E-state index in [0.717, 1.165) is 39.4 Å². The molecule has 4 aromatic carbocycles. The summed E-state index contributed by atoms with van der Waals surface area (Å²) in [6.07, 6.45) is 0. The van der Waals surface area contributed by atoms with Crippen molar-refractivity contribution in [1.29, 1.82) is 5.26 Å². The van der Waals surface area contributed by atoms with E-state index >= 15 is 0 Å². The van der Waals surface area contributed by atoms with Gasteiger partial charge in [-0.15, -0.1) is 0 Å². The van der Waals surface area contributed by atoms with E-state index in [1.165, 1.54) is 5.46 Å². The zero-order valence-corrected chi connectivity index (χ0v) is 18.6. The normalized spacial score (nSPS) is 12.7. The molecule has 7 rings (SSSR count). The molecule has 2 aliphatic rings. The number of nitriles is 1. The maximum absolute atomic E-state index is 9.79. The molecule has 0 saturated carbocycles. The Hall–Kier alpha value is -4.89. The summed E-state index contributed by atoms with van der Waals surface area (Å²) in [7, 11) is 0. The van der Waals surface area contributed by atoms with Crippen LogP contribution in [0.3, 0.4) is 0 Å². The summed E-state index contributed by atoms with van der Waals surface area (Å²) in [5.41, 5.74) is 6.61. The van der Waals surface area contributed by atoms with E-state index in [2.05, 4.69) is 52.4 Å². The number of anilines is 3. The predicted molar refractivity (Wildman–Crippen MR) is 138 cm³/mol. The van der Waals surface area contributed by atoms with Gasteiger partial charge < -0.3 is 4.74 Å². The minimum Gasteiger partial charge on any atom is -0.458 e. The summed E-state index contributed by atoms with van der Waals surface area (Å²) in [5, 5.41) is 9.79. The topological polar surface area (TPSA) is 62.0 Å². The van der Waals surface area contributed by atoms with Gasteiger partial charge in [-0.2, -0.15) is 5.26 Å². The fourth-order valence-corrected chi connectivity index (χ4v) is 5.15. The van der Waals surface area contributed by atoms with Gasteiger partial charge >= 0.3 is 0 Å².